The molecule has 0 bridgehead atoms. The van der Waals surface area contributed by atoms with Gasteiger partial charge in [-0.25, -0.2) is 27.6 Å². The predicted octanol–water partition coefficient (Wildman–Crippen LogP) is -16.3. The Bertz CT molecular complexity index is 3880. The van der Waals surface area contributed by atoms with Crippen molar-refractivity contribution in [3.8, 4) is 0 Å². The number of urea groups is 2. The second-order valence-electron chi connectivity index (χ2n) is 22.3. The summed E-state index contributed by atoms with van der Waals surface area (Å²) in [5.74, 6) is -5.93. The van der Waals surface area contributed by atoms with Crippen LogP contribution in [0.3, 0.4) is 0 Å². The lowest BCUT2D eigenvalue weighted by Gasteiger charge is -2.33. The molecule has 590 valence electrons. The van der Waals surface area contributed by atoms with E-state index >= 15 is 0 Å². The molecule has 0 saturated carbocycles. The number of amides is 8. The van der Waals surface area contributed by atoms with Gasteiger partial charge in [0.2, 0.25) is 5.91 Å². The van der Waals surface area contributed by atoms with Gasteiger partial charge in [0.1, 0.15) is 90.6 Å². The minimum absolute atomic E-state index is 0.00359. The van der Waals surface area contributed by atoms with Crippen LogP contribution in [0.25, 0.3) is 0 Å². The Balaban J connectivity index is 0.000000475. The molecule has 1 aromatic carbocycles. The van der Waals surface area contributed by atoms with Crippen LogP contribution in [-0.2, 0) is 55.6 Å². The number of nitrogens with one attached hydrogen (secondary N) is 14. The third-order valence-electron chi connectivity index (χ3n) is 14.0. The third-order valence-corrected chi connectivity index (χ3v) is 16.5. The lowest BCUT2D eigenvalue weighted by molar-refractivity contribution is -0.137. The maximum Gasteiger partial charge on any atom is 0.330 e. The average molecular weight is 1560 g/mol. The minimum Gasteiger partial charge on any atom is -0.481 e. The summed E-state index contributed by atoms with van der Waals surface area (Å²) in [6.45, 7) is -4.97. The first-order chi connectivity index (χ1) is 48.2. The smallest absolute Gasteiger partial charge is 0.330 e. The molecule has 5 rings (SSSR count). The molecule has 0 aliphatic carbocycles. The van der Waals surface area contributed by atoms with E-state index in [9.17, 15) is 135 Å². The minimum atomic E-state index is -4.61. The molecule has 0 spiro atoms. The summed E-state index contributed by atoms with van der Waals surface area (Å²) in [6, 6.07) is 0.669. The summed E-state index contributed by atoms with van der Waals surface area (Å²) < 4.78 is 64.7. The number of anilines is 2. The molecule has 2 aromatic heterocycles. The predicted molar refractivity (Wildman–Crippen MR) is 345 cm³/mol. The zero-order chi connectivity index (χ0) is 79.5. The van der Waals surface area contributed by atoms with Crippen molar-refractivity contribution >= 4 is 80.8 Å². The van der Waals surface area contributed by atoms with E-state index in [2.05, 4.69) is 52.5 Å². The van der Waals surface area contributed by atoms with Crippen LogP contribution in [0.2, 0.25) is 0 Å². The molecule has 53 heteroatoms. The summed E-state index contributed by atoms with van der Waals surface area (Å²) in [6.07, 6.45) is -22.2. The van der Waals surface area contributed by atoms with Crippen molar-refractivity contribution in [2.45, 2.75) is 134 Å². The van der Waals surface area contributed by atoms with Crippen molar-refractivity contribution in [1.82, 2.24) is 62.5 Å². The Kier molecular flexibility index (Phi) is 37.7. The summed E-state index contributed by atoms with van der Waals surface area (Å²) in [5, 5.41) is 181. The van der Waals surface area contributed by atoms with Gasteiger partial charge in [-0.3, -0.25) is 83.9 Å². The van der Waals surface area contributed by atoms with Crippen LogP contribution in [0.4, 0.5) is 21.2 Å². The van der Waals surface area contributed by atoms with Crippen LogP contribution in [0, 0.1) is 0 Å². The normalized spacial score (nSPS) is 19.6. The van der Waals surface area contributed by atoms with Crippen molar-refractivity contribution in [3.63, 3.8) is 0 Å². The van der Waals surface area contributed by atoms with Crippen LogP contribution < -0.4 is 75.7 Å². The Morgan fingerprint density at radius 1 is 0.519 bits per heavy atom. The number of carboxylic acids is 1. The summed E-state index contributed by atoms with van der Waals surface area (Å²) in [7, 11) is -12.6. The molecule has 2 fully saturated rings. The first-order valence-corrected chi connectivity index (χ1v) is 35.1. The molecule has 13 unspecified atom stereocenters. The number of rotatable bonds is 36. The van der Waals surface area contributed by atoms with E-state index in [1.54, 1.807) is 9.97 Å². The second kappa shape index (κ2) is 42.6. The number of H-pyrrole nitrogens is 4. The number of aromatic amines is 4. The lowest BCUT2D eigenvalue weighted by Crippen LogP contribution is -2.71. The zero-order valence-electron chi connectivity index (χ0n) is 54.0. The largest absolute Gasteiger partial charge is 0.481 e. The number of benzene rings is 1. The van der Waals surface area contributed by atoms with Gasteiger partial charge in [0.05, 0.1) is 73.0 Å². The van der Waals surface area contributed by atoms with E-state index in [1.807, 2.05) is 10.6 Å². The molecule has 2 saturated heterocycles. The quantitative estimate of drug-likeness (QED) is 0.0190. The summed E-state index contributed by atoms with van der Waals surface area (Å²) in [5.41, 5.74) is -4.92. The molecule has 2 aliphatic heterocycles. The Labute approximate surface area is 583 Å². The number of aromatic nitrogens is 4. The molecule has 4 heterocycles. The molecule has 2 aliphatic rings. The van der Waals surface area contributed by atoms with E-state index in [0.717, 1.165) is 6.26 Å². The highest BCUT2D eigenvalue weighted by atomic mass is 32.2. The van der Waals surface area contributed by atoms with Crippen LogP contribution in [0.5, 0.6) is 0 Å². The van der Waals surface area contributed by atoms with Crippen LogP contribution in [-0.4, -0.2) is 336 Å². The van der Waals surface area contributed by atoms with Gasteiger partial charge in [-0.15, -0.1) is 0 Å². The van der Waals surface area contributed by atoms with Gasteiger partial charge in [0, 0.05) is 50.8 Å². The maximum atomic E-state index is 12.5. The molecule has 8 amide bonds. The maximum absolute atomic E-state index is 12.5. The Hall–Kier alpha value is -8.24. The van der Waals surface area contributed by atoms with E-state index in [1.165, 1.54) is 24.3 Å². The number of imide groups is 2. The van der Waals surface area contributed by atoms with E-state index in [0.29, 0.717) is 0 Å². The van der Waals surface area contributed by atoms with Gasteiger partial charge in [-0.2, -0.15) is 8.42 Å². The van der Waals surface area contributed by atoms with Crippen molar-refractivity contribution in [2.75, 3.05) is 69.5 Å². The topological polar surface area (TPSA) is 861 Å². The van der Waals surface area contributed by atoms with Crippen LogP contribution in [0.1, 0.15) is 40.7 Å². The molecule has 104 heavy (non-hydrogen) atoms. The summed E-state index contributed by atoms with van der Waals surface area (Å²) in [4.78, 5) is 153. The number of hydrogen-bond donors (Lipinski definition) is 34. The zero-order valence-corrected chi connectivity index (χ0v) is 56.5. The van der Waals surface area contributed by atoms with Crippen molar-refractivity contribution in [2.24, 2.45) is 0 Å². The van der Waals surface area contributed by atoms with Gasteiger partial charge < -0.3 is 128 Å². The first kappa shape index (κ1) is 91.8. The molecular formula is C51H83N14O36PS2. The standard InChI is InChI=1S/C17H24N4O9S.C14H24N4O9.C10H18N3O9P.C10H17N3O9S/c1-31(29,30)9-4-2-8(3-5-9)15(26)19-12-14(20-17(28)21-16(12)27)18-6-10(23)13(25)11(24)7-22;19-5-7(21)11(25)6(20)4-15-12-10(13(26)18-14(27)17-12)16-8(22)2-1-3-9(23)24;2*14-2-6(16)7(17)5(15)1-11-8-4(3-23(20,21)22)9(18)13-10(19)12-8/h2-5,10-14,18,22-25H,6-7H2,1H3,(H,19,26)(H2,20,21,27,28);6-7,10-12,15,19-21,25H,1-5H2,(H,16,22)(H,23,24)(H2,17,18,26,27);5-7,14-17H,1-3H2,(H2,20,21,22)(H3,11,12,13,18,19);5-7,14-17H,1-3H2,(H,20,21,22)(H3,11,12,13,18,19)/t10?,11?,12?,13-,14?;;2*5?,6?,7-/m0.00/s1. The van der Waals surface area contributed by atoms with E-state index in [-0.39, 0.29) is 47.9 Å². The number of hydrogen-bond acceptors (Lipinski definition) is 36. The average Bonchev–Trinajstić information content (AvgIpc) is 0.839. The number of aliphatic carboxylic acids is 1. The van der Waals surface area contributed by atoms with Gasteiger partial charge in [0.25, 0.3) is 39.0 Å². The van der Waals surface area contributed by atoms with Crippen molar-refractivity contribution in [3.05, 3.63) is 82.6 Å². The number of aliphatic hydroxyl groups excluding tert-OH is 16. The van der Waals surface area contributed by atoms with E-state index in [4.69, 9.17) is 39.9 Å². The molecular weight excluding hydrogens is 1480 g/mol. The van der Waals surface area contributed by atoms with Crippen LogP contribution in [0.15, 0.2) is 48.3 Å². The highest BCUT2D eigenvalue weighted by Gasteiger charge is 2.40. The van der Waals surface area contributed by atoms with E-state index < -0.39 is 258 Å². The van der Waals surface area contributed by atoms with Gasteiger partial charge in [0.15, 0.2) is 9.84 Å². The SMILES string of the molecule is CS(=O)(=O)c1ccc(C(=O)NC2C(=O)NC(=O)NC2NCC(O)[C@H](O)C(O)CO)cc1.O=C(O)CCCC(=O)NC1C(=O)NC(=O)NC1NCC(O)C(O)C(O)CO.O=c1[nH]c(NCC(O)[C@H](O)C(O)CO)c(CP(=O)(O)O)c(=O)[nH]1.O=c1[nH]c(NCC(O)[C@H](O)C(O)CO)c(CS(=O)(=O)O)c(=O)[nH]1. The Morgan fingerprint density at radius 2 is 0.885 bits per heavy atom. The lowest BCUT2D eigenvalue weighted by atomic mass is 10.1. The molecule has 34 N–H and O–H groups in total. The highest BCUT2D eigenvalue weighted by molar-refractivity contribution is 7.90. The van der Waals surface area contributed by atoms with Crippen molar-refractivity contribution in [1.29, 1.82) is 0 Å². The number of sulfone groups is 1. The second-order valence-corrected chi connectivity index (χ2v) is 27.4. The van der Waals surface area contributed by atoms with Gasteiger partial charge in [-0.05, 0) is 30.7 Å². The number of carbonyl (C=O) groups excluding carboxylic acids is 6. The van der Waals surface area contributed by atoms with Crippen LogP contribution >= 0.6 is 7.60 Å². The van der Waals surface area contributed by atoms with Crippen molar-refractivity contribution < 1.29 is 156 Å². The number of carboxylic acid groups (broad SMARTS) is 1. The molecule has 0 radical (unpaired) electrons. The van der Waals surface area contributed by atoms with Gasteiger partial charge >= 0.3 is 37.0 Å². The number of aliphatic hydroxyl groups is 16. The third kappa shape index (κ3) is 31.6. The molecule has 50 nitrogen and oxygen atoms in total. The summed E-state index contributed by atoms with van der Waals surface area (Å²) >= 11 is 0. The fraction of sp³-hybridized carbons (Fsp3) is 0.588. The number of carbonyl (C=O) groups is 7. The fourth-order valence-corrected chi connectivity index (χ4v) is 10.4. The highest BCUT2D eigenvalue weighted by Crippen LogP contribution is 2.39. The van der Waals surface area contributed by atoms with Gasteiger partial charge in [-0.1, -0.05) is 0 Å². The Morgan fingerprint density at radius 3 is 1.24 bits per heavy atom. The molecule has 3 aromatic rings. The fourth-order valence-electron chi connectivity index (χ4n) is 8.42. The first-order valence-electron chi connectivity index (χ1n) is 29.8. The monoisotopic (exact) mass is 1560 g/mol. The molecule has 16 atom stereocenters.